The van der Waals surface area contributed by atoms with Gasteiger partial charge in [0.25, 0.3) is 5.56 Å². The molecule has 3 fully saturated rings. The summed E-state index contributed by atoms with van der Waals surface area (Å²) >= 11 is 0. The predicted octanol–water partition coefficient (Wildman–Crippen LogP) is 3.53. The molecule has 0 radical (unpaired) electrons. The highest BCUT2D eigenvalue weighted by atomic mass is 16.1. The van der Waals surface area contributed by atoms with Crippen molar-refractivity contribution in [1.82, 2.24) is 9.47 Å². The molecule has 5 rings (SSSR count). The first kappa shape index (κ1) is 14.9. The number of rotatable bonds is 3. The fourth-order valence-corrected chi connectivity index (χ4v) is 4.66. The van der Waals surface area contributed by atoms with Crippen LogP contribution in [0.15, 0.2) is 29.2 Å². The number of aromatic nitrogens is 1. The van der Waals surface area contributed by atoms with Gasteiger partial charge in [-0.2, -0.15) is 0 Å². The molecule has 0 saturated carbocycles. The number of aryl methyl sites for hydroxylation is 2. The highest BCUT2D eigenvalue weighted by Gasteiger charge is 2.35. The average Bonchev–Trinajstić information content (AvgIpc) is 2.58. The summed E-state index contributed by atoms with van der Waals surface area (Å²) in [7, 11) is 0. The number of pyridine rings is 1. The first-order chi connectivity index (χ1) is 11.2. The second kappa shape index (κ2) is 5.79. The van der Waals surface area contributed by atoms with Gasteiger partial charge in [0.1, 0.15) is 0 Å². The number of benzene rings is 1. The van der Waals surface area contributed by atoms with Gasteiger partial charge < -0.3 is 9.47 Å². The van der Waals surface area contributed by atoms with Crippen molar-refractivity contribution >= 4 is 10.8 Å². The minimum atomic E-state index is 0.210. The Labute approximate surface area is 137 Å². The van der Waals surface area contributed by atoms with Crippen LogP contribution in [0.2, 0.25) is 0 Å². The van der Waals surface area contributed by atoms with Crippen molar-refractivity contribution in [3.05, 3.63) is 45.9 Å². The fraction of sp³-hybridized carbons (Fsp3) is 0.550. The van der Waals surface area contributed by atoms with Gasteiger partial charge >= 0.3 is 0 Å². The van der Waals surface area contributed by atoms with Crippen molar-refractivity contribution in [2.24, 2.45) is 5.92 Å². The molecule has 2 bridgehead atoms. The summed E-state index contributed by atoms with van der Waals surface area (Å²) in [6.07, 6.45) is 6.83. The molecule has 2 aromatic rings. The quantitative estimate of drug-likeness (QED) is 0.866. The maximum atomic E-state index is 13.2. The van der Waals surface area contributed by atoms with Gasteiger partial charge in [0.2, 0.25) is 0 Å². The predicted molar refractivity (Wildman–Crippen MR) is 95.1 cm³/mol. The van der Waals surface area contributed by atoms with Gasteiger partial charge in [-0.3, -0.25) is 4.79 Å². The molecule has 1 unspecified atom stereocenters. The zero-order chi connectivity index (χ0) is 16.0. The Kier molecular flexibility index (Phi) is 3.76. The Hall–Kier alpha value is -1.61. The number of piperidine rings is 3. The van der Waals surface area contributed by atoms with Crippen molar-refractivity contribution < 1.29 is 0 Å². The van der Waals surface area contributed by atoms with Crippen LogP contribution in [0.1, 0.15) is 43.4 Å². The monoisotopic (exact) mass is 310 g/mol. The molecule has 0 amide bonds. The van der Waals surface area contributed by atoms with Crippen LogP contribution >= 0.6 is 0 Å². The van der Waals surface area contributed by atoms with Crippen molar-refractivity contribution in [2.75, 3.05) is 19.6 Å². The van der Waals surface area contributed by atoms with E-state index in [-0.39, 0.29) is 5.56 Å². The lowest BCUT2D eigenvalue weighted by Crippen LogP contribution is -2.50. The van der Waals surface area contributed by atoms with Crippen LogP contribution in [0.25, 0.3) is 10.8 Å². The van der Waals surface area contributed by atoms with Crippen LogP contribution in [0.5, 0.6) is 0 Å². The first-order valence-corrected chi connectivity index (χ1v) is 9.04. The first-order valence-electron chi connectivity index (χ1n) is 9.04. The molecule has 122 valence electrons. The molecular formula is C20H26N2O. The largest absolute Gasteiger partial charge is 0.310 e. The van der Waals surface area contributed by atoms with Gasteiger partial charge in [0.15, 0.2) is 0 Å². The molecule has 0 N–H and O–H groups in total. The molecular weight excluding hydrogens is 284 g/mol. The van der Waals surface area contributed by atoms with E-state index in [9.17, 15) is 4.79 Å². The Bertz CT molecular complexity index is 784. The SMILES string of the molecule is CCCc1cn(C2CN3CCC2CC3)c(=O)c2cccc(C)c12. The van der Waals surface area contributed by atoms with Crippen LogP contribution < -0.4 is 5.56 Å². The maximum absolute atomic E-state index is 13.2. The maximum Gasteiger partial charge on any atom is 0.258 e. The number of nitrogens with zero attached hydrogens (tertiary/aromatic N) is 2. The summed E-state index contributed by atoms with van der Waals surface area (Å²) in [6, 6.07) is 6.53. The molecule has 0 aliphatic carbocycles. The van der Waals surface area contributed by atoms with Crippen LogP contribution in [0, 0.1) is 12.8 Å². The van der Waals surface area contributed by atoms with Crippen molar-refractivity contribution in [3.8, 4) is 0 Å². The van der Waals surface area contributed by atoms with E-state index in [0.717, 1.165) is 24.8 Å². The van der Waals surface area contributed by atoms with Gasteiger partial charge in [-0.05, 0) is 67.8 Å². The molecule has 1 atom stereocenters. The van der Waals surface area contributed by atoms with Crippen LogP contribution in [-0.2, 0) is 6.42 Å². The van der Waals surface area contributed by atoms with E-state index in [2.05, 4.69) is 35.6 Å². The van der Waals surface area contributed by atoms with Crippen LogP contribution in [0.3, 0.4) is 0 Å². The molecule has 3 aliphatic heterocycles. The lowest BCUT2D eigenvalue weighted by atomic mass is 9.83. The van der Waals surface area contributed by atoms with Crippen molar-refractivity contribution in [2.45, 2.75) is 45.6 Å². The number of fused-ring (bicyclic) bond motifs is 4. The van der Waals surface area contributed by atoms with Gasteiger partial charge in [-0.1, -0.05) is 25.5 Å². The lowest BCUT2D eigenvalue weighted by Gasteiger charge is -2.45. The summed E-state index contributed by atoms with van der Waals surface area (Å²) in [5, 5.41) is 2.10. The molecule has 3 aliphatic rings. The molecule has 23 heavy (non-hydrogen) atoms. The molecule has 0 spiro atoms. The Morgan fingerprint density at radius 2 is 2.00 bits per heavy atom. The molecule has 1 aromatic heterocycles. The second-order valence-electron chi connectivity index (χ2n) is 7.32. The smallest absolute Gasteiger partial charge is 0.258 e. The molecule has 3 nitrogen and oxygen atoms in total. The Morgan fingerprint density at radius 1 is 1.22 bits per heavy atom. The highest BCUT2D eigenvalue weighted by molar-refractivity contribution is 5.87. The standard InChI is InChI=1S/C20H26N2O/c1-3-5-16-12-22(18-13-21-10-8-15(18)9-11-21)20(23)17-7-4-6-14(2)19(16)17/h4,6-7,12,15,18H,3,5,8-11,13H2,1-2H3. The van der Waals surface area contributed by atoms with Gasteiger partial charge in [0, 0.05) is 18.1 Å². The van der Waals surface area contributed by atoms with Crippen LogP contribution in [0.4, 0.5) is 0 Å². The summed E-state index contributed by atoms with van der Waals surface area (Å²) in [5.74, 6) is 0.675. The summed E-state index contributed by atoms with van der Waals surface area (Å²) in [4.78, 5) is 15.7. The van der Waals surface area contributed by atoms with Crippen molar-refractivity contribution in [3.63, 3.8) is 0 Å². The molecule has 4 heterocycles. The topological polar surface area (TPSA) is 25.2 Å². The van der Waals surface area contributed by atoms with Gasteiger partial charge in [-0.15, -0.1) is 0 Å². The highest BCUT2D eigenvalue weighted by Crippen LogP contribution is 2.35. The third kappa shape index (κ3) is 2.42. The summed E-state index contributed by atoms with van der Waals surface area (Å²) in [5.41, 5.74) is 2.78. The van der Waals surface area contributed by atoms with Crippen LogP contribution in [-0.4, -0.2) is 29.1 Å². The Morgan fingerprint density at radius 3 is 2.65 bits per heavy atom. The normalized spacial score (nSPS) is 26.8. The third-order valence-corrected chi connectivity index (χ3v) is 5.85. The van der Waals surface area contributed by atoms with E-state index in [0.29, 0.717) is 12.0 Å². The van der Waals surface area contributed by atoms with E-state index >= 15 is 0 Å². The number of hydrogen-bond acceptors (Lipinski definition) is 2. The molecule has 3 heteroatoms. The fourth-order valence-electron chi connectivity index (χ4n) is 4.66. The second-order valence-corrected chi connectivity index (χ2v) is 7.32. The molecule has 1 aromatic carbocycles. The number of hydrogen-bond donors (Lipinski definition) is 0. The van der Waals surface area contributed by atoms with Crippen molar-refractivity contribution in [1.29, 1.82) is 0 Å². The van der Waals surface area contributed by atoms with E-state index in [4.69, 9.17) is 0 Å². The zero-order valence-electron chi connectivity index (χ0n) is 14.2. The lowest BCUT2D eigenvalue weighted by molar-refractivity contribution is 0.0555. The average molecular weight is 310 g/mol. The van der Waals surface area contributed by atoms with E-state index in [1.807, 2.05) is 12.1 Å². The zero-order valence-corrected chi connectivity index (χ0v) is 14.2. The third-order valence-electron chi connectivity index (χ3n) is 5.85. The Balaban J connectivity index is 1.90. The van der Waals surface area contributed by atoms with Gasteiger partial charge in [-0.25, -0.2) is 0 Å². The minimum absolute atomic E-state index is 0.210. The summed E-state index contributed by atoms with van der Waals surface area (Å²) in [6.45, 7) is 7.82. The van der Waals surface area contributed by atoms with E-state index in [1.165, 1.54) is 42.4 Å². The minimum Gasteiger partial charge on any atom is -0.310 e. The van der Waals surface area contributed by atoms with E-state index < -0.39 is 0 Å². The molecule has 3 saturated heterocycles. The van der Waals surface area contributed by atoms with E-state index in [1.54, 1.807) is 0 Å². The van der Waals surface area contributed by atoms with Gasteiger partial charge in [0.05, 0.1) is 6.04 Å². The summed E-state index contributed by atoms with van der Waals surface area (Å²) < 4.78 is 2.09.